The van der Waals surface area contributed by atoms with Crippen LogP contribution in [0.1, 0.15) is 75.3 Å². The van der Waals surface area contributed by atoms with Crippen LogP contribution in [0.25, 0.3) is 0 Å². The van der Waals surface area contributed by atoms with Crippen molar-refractivity contribution in [3.05, 3.63) is 33.1 Å². The molecule has 1 aliphatic carbocycles. The van der Waals surface area contributed by atoms with Gasteiger partial charge in [0.25, 0.3) is 5.91 Å². The highest BCUT2D eigenvalue weighted by Crippen LogP contribution is 2.29. The summed E-state index contributed by atoms with van der Waals surface area (Å²) in [6.45, 7) is 5.14. The summed E-state index contributed by atoms with van der Waals surface area (Å²) in [6.07, 6.45) is 6.94. The van der Waals surface area contributed by atoms with Crippen LogP contribution in [-0.4, -0.2) is 21.7 Å². The summed E-state index contributed by atoms with van der Waals surface area (Å²) >= 11 is 1.58. The standard InChI is InChI=1S/C18H23N3O2S/c1-10-15(12(3)22)11(2)19-16(10)17(23)21-18-20-13-8-6-4-5-7-9-14(13)24-18/h19H,4-9H2,1-3H3,(H,20,21,23). The third kappa shape index (κ3) is 3.29. The molecule has 0 unspecified atom stereocenters. The number of aromatic amines is 1. The maximum atomic E-state index is 12.6. The van der Waals surface area contributed by atoms with Gasteiger partial charge in [-0.2, -0.15) is 0 Å². The molecule has 5 nitrogen and oxygen atoms in total. The summed E-state index contributed by atoms with van der Waals surface area (Å²) < 4.78 is 0. The fourth-order valence-corrected chi connectivity index (χ4v) is 4.47. The highest BCUT2D eigenvalue weighted by molar-refractivity contribution is 7.15. The molecule has 0 saturated heterocycles. The van der Waals surface area contributed by atoms with Crippen LogP contribution in [-0.2, 0) is 12.8 Å². The summed E-state index contributed by atoms with van der Waals surface area (Å²) in [5.74, 6) is -0.262. The van der Waals surface area contributed by atoms with Crippen molar-refractivity contribution in [2.75, 3.05) is 5.32 Å². The fourth-order valence-electron chi connectivity index (χ4n) is 3.42. The number of amides is 1. The Morgan fingerprint density at radius 3 is 2.50 bits per heavy atom. The molecule has 0 atom stereocenters. The Labute approximate surface area is 145 Å². The van der Waals surface area contributed by atoms with E-state index in [-0.39, 0.29) is 11.7 Å². The maximum Gasteiger partial charge on any atom is 0.274 e. The molecule has 128 valence electrons. The normalized spacial score (nSPS) is 14.6. The number of ketones is 1. The van der Waals surface area contributed by atoms with Gasteiger partial charge in [-0.25, -0.2) is 4.98 Å². The van der Waals surface area contributed by atoms with Gasteiger partial charge < -0.3 is 4.98 Å². The molecule has 2 N–H and O–H groups in total. The summed E-state index contributed by atoms with van der Waals surface area (Å²) in [7, 11) is 0. The van der Waals surface area contributed by atoms with Crippen molar-refractivity contribution in [1.82, 2.24) is 9.97 Å². The van der Waals surface area contributed by atoms with Gasteiger partial charge in [-0.3, -0.25) is 14.9 Å². The lowest BCUT2D eigenvalue weighted by Gasteiger charge is -2.06. The number of fused-ring (bicyclic) bond motifs is 1. The molecular weight excluding hydrogens is 322 g/mol. The van der Waals surface area contributed by atoms with Crippen LogP contribution in [0.15, 0.2) is 0 Å². The predicted octanol–water partition coefficient (Wildman–Crippen LogP) is 4.20. The number of hydrogen-bond acceptors (Lipinski definition) is 4. The molecule has 0 saturated carbocycles. The molecule has 2 aromatic heterocycles. The SMILES string of the molecule is CC(=O)c1c(C)[nH]c(C(=O)Nc2nc3c(s2)CCCCCC3)c1C. The third-order valence-electron chi connectivity index (χ3n) is 4.58. The lowest BCUT2D eigenvalue weighted by atomic mass is 10.0. The number of nitrogens with one attached hydrogen (secondary N) is 2. The first-order chi connectivity index (χ1) is 11.5. The van der Waals surface area contributed by atoms with E-state index in [4.69, 9.17) is 0 Å². The average molecular weight is 345 g/mol. The number of Topliss-reactive ketones (excluding diaryl/α,β-unsaturated/α-hetero) is 1. The van der Waals surface area contributed by atoms with Gasteiger partial charge >= 0.3 is 0 Å². The van der Waals surface area contributed by atoms with Gasteiger partial charge in [0.15, 0.2) is 10.9 Å². The quantitative estimate of drug-likeness (QED) is 0.819. The minimum Gasteiger partial charge on any atom is -0.354 e. The number of aromatic nitrogens is 2. The molecule has 0 bridgehead atoms. The van der Waals surface area contributed by atoms with Gasteiger partial charge in [0.2, 0.25) is 0 Å². The van der Waals surface area contributed by atoms with Crippen molar-refractivity contribution in [3.8, 4) is 0 Å². The molecule has 0 aliphatic heterocycles. The number of carbonyl (C=O) groups is 2. The van der Waals surface area contributed by atoms with E-state index in [1.807, 2.05) is 6.92 Å². The number of carbonyl (C=O) groups excluding carboxylic acids is 2. The van der Waals surface area contributed by atoms with Crippen molar-refractivity contribution >= 4 is 28.2 Å². The number of hydrogen-bond donors (Lipinski definition) is 2. The first-order valence-electron chi connectivity index (χ1n) is 8.47. The highest BCUT2D eigenvalue weighted by Gasteiger charge is 2.21. The zero-order valence-electron chi connectivity index (χ0n) is 14.4. The van der Waals surface area contributed by atoms with Crippen LogP contribution in [0.3, 0.4) is 0 Å². The second kappa shape index (κ2) is 6.89. The molecule has 6 heteroatoms. The molecule has 1 amide bonds. The molecular formula is C18H23N3O2S. The van der Waals surface area contributed by atoms with Crippen molar-refractivity contribution in [2.24, 2.45) is 0 Å². The van der Waals surface area contributed by atoms with Crippen LogP contribution < -0.4 is 5.32 Å². The molecule has 2 heterocycles. The lowest BCUT2D eigenvalue weighted by Crippen LogP contribution is -2.13. The van der Waals surface area contributed by atoms with E-state index < -0.39 is 0 Å². The number of nitrogens with zero attached hydrogens (tertiary/aromatic N) is 1. The van der Waals surface area contributed by atoms with Crippen LogP contribution >= 0.6 is 11.3 Å². The molecule has 3 rings (SSSR count). The van der Waals surface area contributed by atoms with E-state index in [1.54, 1.807) is 18.3 Å². The van der Waals surface area contributed by atoms with E-state index >= 15 is 0 Å². The average Bonchev–Trinajstić information content (AvgIpc) is 2.99. The topological polar surface area (TPSA) is 74.8 Å². The smallest absolute Gasteiger partial charge is 0.274 e. The molecule has 0 spiro atoms. The second-order valence-electron chi connectivity index (χ2n) is 6.44. The second-order valence-corrected chi connectivity index (χ2v) is 7.52. The maximum absolute atomic E-state index is 12.6. The Morgan fingerprint density at radius 2 is 1.83 bits per heavy atom. The number of anilines is 1. The summed E-state index contributed by atoms with van der Waals surface area (Å²) in [5, 5.41) is 3.56. The van der Waals surface area contributed by atoms with Crippen molar-refractivity contribution in [1.29, 1.82) is 0 Å². The van der Waals surface area contributed by atoms with E-state index in [1.165, 1.54) is 37.5 Å². The Balaban J connectivity index is 1.82. The van der Waals surface area contributed by atoms with Crippen LogP contribution in [0.2, 0.25) is 0 Å². The molecule has 0 fully saturated rings. The monoisotopic (exact) mass is 345 g/mol. The van der Waals surface area contributed by atoms with E-state index in [2.05, 4.69) is 15.3 Å². The number of thiazole rings is 1. The highest BCUT2D eigenvalue weighted by atomic mass is 32.1. The van der Waals surface area contributed by atoms with Gasteiger partial charge in [-0.15, -0.1) is 11.3 Å². The van der Waals surface area contributed by atoms with Crippen molar-refractivity contribution < 1.29 is 9.59 Å². The number of aryl methyl sites for hydroxylation is 3. The van der Waals surface area contributed by atoms with Crippen LogP contribution in [0.5, 0.6) is 0 Å². The molecule has 2 aromatic rings. The Morgan fingerprint density at radius 1 is 1.12 bits per heavy atom. The molecule has 0 radical (unpaired) electrons. The van der Waals surface area contributed by atoms with Crippen LogP contribution in [0.4, 0.5) is 5.13 Å². The Bertz CT molecular complexity index is 763. The van der Waals surface area contributed by atoms with Gasteiger partial charge in [-0.1, -0.05) is 12.8 Å². The summed E-state index contributed by atoms with van der Waals surface area (Å²) in [5.41, 5.74) is 3.62. The summed E-state index contributed by atoms with van der Waals surface area (Å²) in [4.78, 5) is 33.3. The van der Waals surface area contributed by atoms with Gasteiger partial charge in [-0.05, 0) is 52.0 Å². The lowest BCUT2D eigenvalue weighted by molar-refractivity contribution is 0.101. The van der Waals surface area contributed by atoms with Crippen molar-refractivity contribution in [3.63, 3.8) is 0 Å². The Hall–Kier alpha value is -1.95. The zero-order chi connectivity index (χ0) is 17.3. The van der Waals surface area contributed by atoms with Crippen molar-refractivity contribution in [2.45, 2.75) is 59.3 Å². The van der Waals surface area contributed by atoms with E-state index in [0.29, 0.717) is 22.0 Å². The minimum atomic E-state index is -0.232. The van der Waals surface area contributed by atoms with E-state index in [9.17, 15) is 9.59 Å². The largest absolute Gasteiger partial charge is 0.354 e. The molecule has 1 aliphatic rings. The van der Waals surface area contributed by atoms with Crippen LogP contribution in [0, 0.1) is 13.8 Å². The Kier molecular flexibility index (Phi) is 4.85. The first kappa shape index (κ1) is 16.9. The van der Waals surface area contributed by atoms with E-state index in [0.717, 1.165) is 24.2 Å². The van der Waals surface area contributed by atoms with Gasteiger partial charge in [0, 0.05) is 16.1 Å². The number of H-pyrrole nitrogens is 1. The summed E-state index contributed by atoms with van der Waals surface area (Å²) in [6, 6.07) is 0. The molecule has 0 aromatic carbocycles. The fraction of sp³-hybridized carbons (Fsp3) is 0.500. The van der Waals surface area contributed by atoms with Gasteiger partial charge in [0.05, 0.1) is 5.69 Å². The van der Waals surface area contributed by atoms with Gasteiger partial charge in [0.1, 0.15) is 5.69 Å². The third-order valence-corrected chi connectivity index (χ3v) is 5.66. The zero-order valence-corrected chi connectivity index (χ0v) is 15.2. The predicted molar refractivity (Wildman–Crippen MR) is 96.2 cm³/mol. The number of rotatable bonds is 3. The first-order valence-corrected chi connectivity index (χ1v) is 9.29. The molecule has 24 heavy (non-hydrogen) atoms. The minimum absolute atomic E-state index is 0.0301.